The SMILES string of the molecule is CNc1cc(OCC(C)c2ccccc2)cc(C(=O)O)c1. The summed E-state index contributed by atoms with van der Waals surface area (Å²) < 4.78 is 5.75. The number of anilines is 1. The second kappa shape index (κ2) is 6.79. The molecular weight excluding hydrogens is 266 g/mol. The number of aromatic carboxylic acids is 1. The van der Waals surface area contributed by atoms with E-state index in [1.165, 1.54) is 5.56 Å². The van der Waals surface area contributed by atoms with E-state index in [1.54, 1.807) is 25.2 Å². The number of nitrogens with one attached hydrogen (secondary N) is 1. The van der Waals surface area contributed by atoms with Crippen molar-refractivity contribution in [1.29, 1.82) is 0 Å². The molecule has 0 saturated carbocycles. The summed E-state index contributed by atoms with van der Waals surface area (Å²) in [5.41, 5.74) is 2.13. The molecule has 1 atom stereocenters. The summed E-state index contributed by atoms with van der Waals surface area (Å²) in [5.74, 6) is -0.173. The van der Waals surface area contributed by atoms with E-state index in [-0.39, 0.29) is 11.5 Å². The molecule has 0 heterocycles. The highest BCUT2D eigenvalue weighted by Gasteiger charge is 2.10. The quantitative estimate of drug-likeness (QED) is 0.851. The second-order valence-electron chi connectivity index (χ2n) is 4.92. The van der Waals surface area contributed by atoms with Crippen LogP contribution in [0, 0.1) is 0 Å². The molecule has 0 radical (unpaired) electrons. The van der Waals surface area contributed by atoms with Gasteiger partial charge in [-0.15, -0.1) is 0 Å². The number of hydrogen-bond acceptors (Lipinski definition) is 3. The first kappa shape index (κ1) is 14.9. The molecule has 0 aromatic heterocycles. The third-order valence-corrected chi connectivity index (χ3v) is 3.31. The van der Waals surface area contributed by atoms with Crippen molar-refractivity contribution >= 4 is 11.7 Å². The number of benzene rings is 2. The van der Waals surface area contributed by atoms with Gasteiger partial charge in [-0.3, -0.25) is 0 Å². The van der Waals surface area contributed by atoms with Crippen LogP contribution in [-0.4, -0.2) is 24.7 Å². The Kier molecular flexibility index (Phi) is 4.82. The lowest BCUT2D eigenvalue weighted by Gasteiger charge is -2.14. The fourth-order valence-electron chi connectivity index (χ4n) is 2.05. The first-order valence-corrected chi connectivity index (χ1v) is 6.84. The molecule has 2 aromatic carbocycles. The Bertz CT molecular complexity index is 611. The van der Waals surface area contributed by atoms with E-state index < -0.39 is 5.97 Å². The molecule has 21 heavy (non-hydrogen) atoms. The molecule has 4 heteroatoms. The molecule has 0 aliphatic carbocycles. The summed E-state index contributed by atoms with van der Waals surface area (Å²) in [6, 6.07) is 15.0. The highest BCUT2D eigenvalue weighted by molar-refractivity contribution is 5.89. The van der Waals surface area contributed by atoms with Crippen LogP contribution >= 0.6 is 0 Å². The Hall–Kier alpha value is -2.49. The molecule has 0 aliphatic rings. The zero-order chi connectivity index (χ0) is 15.2. The average molecular weight is 285 g/mol. The topological polar surface area (TPSA) is 58.6 Å². The van der Waals surface area contributed by atoms with Crippen molar-refractivity contribution in [1.82, 2.24) is 0 Å². The fraction of sp³-hybridized carbons (Fsp3) is 0.235. The van der Waals surface area contributed by atoms with Gasteiger partial charge in [0.1, 0.15) is 5.75 Å². The molecule has 4 nitrogen and oxygen atoms in total. The van der Waals surface area contributed by atoms with E-state index in [0.29, 0.717) is 12.4 Å². The van der Waals surface area contributed by atoms with Crippen LogP contribution < -0.4 is 10.1 Å². The van der Waals surface area contributed by atoms with Crippen molar-refractivity contribution in [2.24, 2.45) is 0 Å². The Balaban J connectivity index is 2.09. The molecule has 0 fully saturated rings. The number of hydrogen-bond donors (Lipinski definition) is 2. The van der Waals surface area contributed by atoms with Gasteiger partial charge in [-0.25, -0.2) is 4.79 Å². The summed E-state index contributed by atoms with van der Waals surface area (Å²) in [4.78, 5) is 11.1. The summed E-state index contributed by atoms with van der Waals surface area (Å²) in [6.07, 6.45) is 0. The molecular formula is C17H19NO3. The van der Waals surface area contributed by atoms with Gasteiger partial charge in [0.05, 0.1) is 12.2 Å². The van der Waals surface area contributed by atoms with Gasteiger partial charge < -0.3 is 15.2 Å². The summed E-state index contributed by atoms with van der Waals surface area (Å²) in [5, 5.41) is 12.0. The largest absolute Gasteiger partial charge is 0.493 e. The maximum absolute atomic E-state index is 11.1. The zero-order valence-corrected chi connectivity index (χ0v) is 12.2. The van der Waals surface area contributed by atoms with Gasteiger partial charge in [-0.2, -0.15) is 0 Å². The highest BCUT2D eigenvalue weighted by Crippen LogP contribution is 2.23. The fourth-order valence-corrected chi connectivity index (χ4v) is 2.05. The zero-order valence-electron chi connectivity index (χ0n) is 12.2. The highest BCUT2D eigenvalue weighted by atomic mass is 16.5. The van der Waals surface area contributed by atoms with Crippen LogP contribution in [0.25, 0.3) is 0 Å². The van der Waals surface area contributed by atoms with E-state index >= 15 is 0 Å². The molecule has 2 rings (SSSR count). The van der Waals surface area contributed by atoms with Crippen LogP contribution in [-0.2, 0) is 0 Å². The van der Waals surface area contributed by atoms with Gasteiger partial charge in [0.2, 0.25) is 0 Å². The number of carbonyl (C=O) groups is 1. The average Bonchev–Trinajstić information content (AvgIpc) is 2.53. The van der Waals surface area contributed by atoms with E-state index in [1.807, 2.05) is 18.2 Å². The summed E-state index contributed by atoms with van der Waals surface area (Å²) in [6.45, 7) is 2.58. The van der Waals surface area contributed by atoms with Crippen molar-refractivity contribution < 1.29 is 14.6 Å². The summed E-state index contributed by atoms with van der Waals surface area (Å²) in [7, 11) is 1.75. The van der Waals surface area contributed by atoms with Gasteiger partial charge >= 0.3 is 5.97 Å². The van der Waals surface area contributed by atoms with Crippen LogP contribution in [0.5, 0.6) is 5.75 Å². The third-order valence-electron chi connectivity index (χ3n) is 3.31. The van der Waals surface area contributed by atoms with Crippen molar-refractivity contribution in [2.45, 2.75) is 12.8 Å². The maximum Gasteiger partial charge on any atom is 0.335 e. The number of rotatable bonds is 6. The Labute approximate surface area is 124 Å². The first-order valence-electron chi connectivity index (χ1n) is 6.84. The molecule has 110 valence electrons. The lowest BCUT2D eigenvalue weighted by atomic mass is 10.0. The van der Waals surface area contributed by atoms with Crippen LogP contribution in [0.1, 0.15) is 28.8 Å². The van der Waals surface area contributed by atoms with Crippen LogP contribution in [0.3, 0.4) is 0 Å². The van der Waals surface area contributed by atoms with Crippen molar-refractivity contribution in [3.8, 4) is 5.75 Å². The molecule has 2 aromatic rings. The minimum Gasteiger partial charge on any atom is -0.493 e. The molecule has 2 N–H and O–H groups in total. The van der Waals surface area contributed by atoms with E-state index in [4.69, 9.17) is 9.84 Å². The third kappa shape index (κ3) is 3.99. The Morgan fingerprint density at radius 3 is 2.57 bits per heavy atom. The summed E-state index contributed by atoms with van der Waals surface area (Å²) >= 11 is 0. The maximum atomic E-state index is 11.1. The van der Waals surface area contributed by atoms with Crippen molar-refractivity contribution in [2.75, 3.05) is 19.0 Å². The van der Waals surface area contributed by atoms with Gasteiger partial charge in [-0.1, -0.05) is 37.3 Å². The van der Waals surface area contributed by atoms with E-state index in [0.717, 1.165) is 5.69 Å². The number of ether oxygens (including phenoxy) is 1. The van der Waals surface area contributed by atoms with Gasteiger partial charge in [0.15, 0.2) is 0 Å². The molecule has 0 bridgehead atoms. The lowest BCUT2D eigenvalue weighted by Crippen LogP contribution is -2.08. The number of carboxylic acid groups (broad SMARTS) is 1. The van der Waals surface area contributed by atoms with E-state index in [9.17, 15) is 4.79 Å². The minimum atomic E-state index is -0.965. The van der Waals surface area contributed by atoms with Crippen LogP contribution in [0.2, 0.25) is 0 Å². The van der Waals surface area contributed by atoms with Gasteiger partial charge in [0.25, 0.3) is 0 Å². The van der Waals surface area contributed by atoms with Gasteiger partial charge in [0, 0.05) is 24.7 Å². The predicted octanol–water partition coefficient (Wildman–Crippen LogP) is 3.61. The van der Waals surface area contributed by atoms with Crippen molar-refractivity contribution in [3.05, 3.63) is 59.7 Å². The normalized spacial score (nSPS) is 11.7. The molecule has 1 unspecified atom stereocenters. The van der Waals surface area contributed by atoms with Gasteiger partial charge in [-0.05, 0) is 17.7 Å². The Morgan fingerprint density at radius 2 is 1.95 bits per heavy atom. The molecule has 0 aliphatic heterocycles. The number of carboxylic acids is 1. The molecule has 0 amide bonds. The second-order valence-corrected chi connectivity index (χ2v) is 4.92. The van der Waals surface area contributed by atoms with Crippen molar-refractivity contribution in [3.63, 3.8) is 0 Å². The minimum absolute atomic E-state index is 0.212. The Morgan fingerprint density at radius 1 is 1.24 bits per heavy atom. The monoisotopic (exact) mass is 285 g/mol. The lowest BCUT2D eigenvalue weighted by molar-refractivity contribution is 0.0696. The van der Waals surface area contributed by atoms with E-state index in [2.05, 4.69) is 24.4 Å². The predicted molar refractivity (Wildman–Crippen MR) is 83.3 cm³/mol. The van der Waals surface area contributed by atoms with Crippen LogP contribution in [0.15, 0.2) is 48.5 Å². The smallest absolute Gasteiger partial charge is 0.335 e. The molecule has 0 spiro atoms. The van der Waals surface area contributed by atoms with Crippen LogP contribution in [0.4, 0.5) is 5.69 Å². The first-order chi connectivity index (χ1) is 10.1. The molecule has 0 saturated heterocycles. The standard InChI is InChI=1S/C17H19NO3/c1-12(13-6-4-3-5-7-13)11-21-16-9-14(17(19)20)8-15(10-16)18-2/h3-10,12,18H,11H2,1-2H3,(H,19,20).